The van der Waals surface area contributed by atoms with Gasteiger partial charge in [-0.15, -0.1) is 11.3 Å². The van der Waals surface area contributed by atoms with Crippen LogP contribution in [0.5, 0.6) is 0 Å². The molecule has 1 aromatic carbocycles. The van der Waals surface area contributed by atoms with Gasteiger partial charge in [0.05, 0.1) is 4.88 Å². The summed E-state index contributed by atoms with van der Waals surface area (Å²) in [7, 11) is 0. The van der Waals surface area contributed by atoms with E-state index in [0.29, 0.717) is 5.82 Å². The van der Waals surface area contributed by atoms with Crippen LogP contribution in [0.25, 0.3) is 16.4 Å². The minimum atomic E-state index is -0.685. The summed E-state index contributed by atoms with van der Waals surface area (Å²) in [4.78, 5) is 0.773. The Morgan fingerprint density at radius 2 is 1.89 bits per heavy atom. The Labute approximate surface area is 116 Å². The molecule has 7 heteroatoms. The highest BCUT2D eigenvalue weighted by Gasteiger charge is 2.18. The number of nitrogens with zero attached hydrogens (tertiary/aromatic N) is 2. The van der Waals surface area contributed by atoms with Crippen molar-refractivity contribution in [3.05, 3.63) is 52.1 Å². The Bertz CT molecular complexity index is 754. The second kappa shape index (κ2) is 4.67. The van der Waals surface area contributed by atoms with Crippen LogP contribution in [0.2, 0.25) is 0 Å². The smallest absolute Gasteiger partial charge is 0.200 e. The monoisotopic (exact) mass is 295 g/mol. The van der Waals surface area contributed by atoms with Gasteiger partial charge in [0, 0.05) is 0 Å². The number of thiophene rings is 1. The molecule has 0 spiro atoms. The van der Waals surface area contributed by atoms with Gasteiger partial charge in [0.25, 0.3) is 0 Å². The number of hydrogen-bond acceptors (Lipinski definition) is 3. The highest BCUT2D eigenvalue weighted by Crippen LogP contribution is 2.27. The van der Waals surface area contributed by atoms with E-state index in [1.54, 1.807) is 0 Å². The van der Waals surface area contributed by atoms with E-state index in [1.807, 2.05) is 17.5 Å². The molecule has 2 heterocycles. The summed E-state index contributed by atoms with van der Waals surface area (Å²) in [6.07, 6.45) is 0. The van der Waals surface area contributed by atoms with Crippen LogP contribution in [0.4, 0.5) is 8.78 Å². The topological polar surface area (TPSA) is 33.6 Å². The maximum atomic E-state index is 13.9. The number of rotatable bonds is 2. The number of benzene rings is 1. The lowest BCUT2D eigenvalue weighted by atomic mass is 10.3. The molecule has 0 aliphatic rings. The van der Waals surface area contributed by atoms with Crippen molar-refractivity contribution in [2.75, 3.05) is 0 Å². The molecule has 0 fully saturated rings. The van der Waals surface area contributed by atoms with Crippen molar-refractivity contribution in [2.45, 2.75) is 0 Å². The molecule has 1 N–H and O–H groups in total. The molecular weight excluding hydrogens is 288 g/mol. The van der Waals surface area contributed by atoms with Crippen LogP contribution in [0, 0.1) is 16.4 Å². The van der Waals surface area contributed by atoms with Crippen molar-refractivity contribution < 1.29 is 8.78 Å². The summed E-state index contributed by atoms with van der Waals surface area (Å²) < 4.78 is 29.2. The van der Waals surface area contributed by atoms with Gasteiger partial charge < -0.3 is 0 Å². The van der Waals surface area contributed by atoms with Crippen molar-refractivity contribution in [1.29, 1.82) is 0 Å². The number of halogens is 2. The van der Waals surface area contributed by atoms with E-state index in [0.717, 1.165) is 4.88 Å². The Hall–Kier alpha value is -1.86. The molecule has 96 valence electrons. The minimum absolute atomic E-state index is 0.146. The quantitative estimate of drug-likeness (QED) is 0.727. The lowest BCUT2D eigenvalue weighted by molar-refractivity contribution is 0.569. The van der Waals surface area contributed by atoms with Crippen molar-refractivity contribution >= 4 is 23.6 Å². The van der Waals surface area contributed by atoms with Gasteiger partial charge in [-0.1, -0.05) is 12.1 Å². The first-order valence-electron chi connectivity index (χ1n) is 5.34. The summed E-state index contributed by atoms with van der Waals surface area (Å²) in [6, 6.07) is 7.32. The maximum Gasteiger partial charge on any atom is 0.200 e. The SMILES string of the molecule is Fc1cccc(F)c1-n1c(-c2cccs2)n[nH]c1=S. The fourth-order valence-electron chi connectivity index (χ4n) is 1.78. The molecule has 0 aliphatic carbocycles. The standard InChI is InChI=1S/C12H7F2N3S2/c13-7-3-1-4-8(14)10(7)17-11(15-16-12(17)18)9-5-2-6-19-9/h1-6H,(H,16,18). The summed E-state index contributed by atoms with van der Waals surface area (Å²) >= 11 is 6.48. The molecule has 3 aromatic rings. The lowest BCUT2D eigenvalue weighted by Gasteiger charge is -2.07. The van der Waals surface area contributed by atoms with Gasteiger partial charge in [-0.2, -0.15) is 5.10 Å². The van der Waals surface area contributed by atoms with Crippen LogP contribution in [0.3, 0.4) is 0 Å². The van der Waals surface area contributed by atoms with E-state index in [9.17, 15) is 8.78 Å². The molecule has 0 amide bonds. The van der Waals surface area contributed by atoms with Crippen LogP contribution < -0.4 is 0 Å². The summed E-state index contributed by atoms with van der Waals surface area (Å²) in [6.45, 7) is 0. The highest BCUT2D eigenvalue weighted by atomic mass is 32.1. The van der Waals surface area contributed by atoms with Crippen LogP contribution in [-0.4, -0.2) is 14.8 Å². The highest BCUT2D eigenvalue weighted by molar-refractivity contribution is 7.71. The molecule has 3 rings (SSSR count). The van der Waals surface area contributed by atoms with Gasteiger partial charge in [-0.3, -0.25) is 9.67 Å². The average Bonchev–Trinajstić information content (AvgIpc) is 2.99. The molecule has 0 atom stereocenters. The van der Waals surface area contributed by atoms with E-state index in [2.05, 4.69) is 10.2 Å². The second-order valence-electron chi connectivity index (χ2n) is 3.74. The number of aromatic nitrogens is 3. The minimum Gasteiger partial charge on any atom is -0.261 e. The largest absolute Gasteiger partial charge is 0.261 e. The first-order chi connectivity index (χ1) is 9.18. The maximum absolute atomic E-state index is 13.9. The lowest BCUT2D eigenvalue weighted by Crippen LogP contribution is -2.03. The van der Waals surface area contributed by atoms with Crippen LogP contribution in [-0.2, 0) is 0 Å². The Balaban J connectivity index is 2.32. The zero-order valence-corrected chi connectivity index (χ0v) is 11.1. The van der Waals surface area contributed by atoms with E-state index in [4.69, 9.17) is 12.2 Å². The number of H-pyrrole nitrogens is 1. The third kappa shape index (κ3) is 2.00. The molecule has 0 bridgehead atoms. The predicted molar refractivity (Wildman–Crippen MR) is 72.0 cm³/mol. The second-order valence-corrected chi connectivity index (χ2v) is 5.07. The van der Waals surface area contributed by atoms with Crippen LogP contribution >= 0.6 is 23.6 Å². The van der Waals surface area contributed by atoms with E-state index >= 15 is 0 Å². The third-order valence-electron chi connectivity index (χ3n) is 2.58. The Kier molecular flexibility index (Phi) is 3.00. The van der Waals surface area contributed by atoms with Crippen LogP contribution in [0.1, 0.15) is 0 Å². The van der Waals surface area contributed by atoms with Gasteiger partial charge >= 0.3 is 0 Å². The zero-order valence-electron chi connectivity index (χ0n) is 9.43. The van der Waals surface area contributed by atoms with Gasteiger partial charge in [0.15, 0.2) is 10.6 Å². The zero-order chi connectivity index (χ0) is 13.4. The van der Waals surface area contributed by atoms with Gasteiger partial charge in [-0.05, 0) is 35.8 Å². The number of nitrogens with one attached hydrogen (secondary N) is 1. The average molecular weight is 295 g/mol. The van der Waals surface area contributed by atoms with Crippen molar-refractivity contribution in [3.63, 3.8) is 0 Å². The summed E-state index contributed by atoms with van der Waals surface area (Å²) in [5.41, 5.74) is -0.218. The molecule has 3 nitrogen and oxygen atoms in total. The van der Waals surface area contributed by atoms with Gasteiger partial charge in [0.2, 0.25) is 0 Å². The number of aromatic amines is 1. The molecule has 2 aromatic heterocycles. The van der Waals surface area contributed by atoms with E-state index in [-0.39, 0.29) is 10.5 Å². The summed E-state index contributed by atoms with van der Waals surface area (Å²) in [5.74, 6) is -0.977. The molecule has 0 saturated heterocycles. The first kappa shape index (κ1) is 12.2. The summed E-state index contributed by atoms with van der Waals surface area (Å²) in [5, 5.41) is 8.46. The molecule has 0 saturated carbocycles. The van der Waals surface area contributed by atoms with Gasteiger partial charge in [-0.25, -0.2) is 8.78 Å². The Morgan fingerprint density at radius 3 is 2.53 bits per heavy atom. The van der Waals surface area contributed by atoms with Crippen molar-refractivity contribution in [3.8, 4) is 16.4 Å². The van der Waals surface area contributed by atoms with Crippen molar-refractivity contribution in [1.82, 2.24) is 14.8 Å². The van der Waals surface area contributed by atoms with Gasteiger partial charge in [0.1, 0.15) is 17.3 Å². The van der Waals surface area contributed by atoms with E-state index < -0.39 is 11.6 Å². The molecule has 0 unspecified atom stereocenters. The van der Waals surface area contributed by atoms with E-state index in [1.165, 1.54) is 34.1 Å². The molecule has 0 radical (unpaired) electrons. The normalized spacial score (nSPS) is 10.8. The fourth-order valence-corrected chi connectivity index (χ4v) is 2.70. The fraction of sp³-hybridized carbons (Fsp3) is 0. The molecule has 0 aliphatic heterocycles. The third-order valence-corrected chi connectivity index (χ3v) is 3.71. The molecular formula is C12H7F2N3S2. The Morgan fingerprint density at radius 1 is 1.16 bits per heavy atom. The van der Waals surface area contributed by atoms with Crippen molar-refractivity contribution in [2.24, 2.45) is 0 Å². The van der Waals surface area contributed by atoms with Crippen LogP contribution in [0.15, 0.2) is 35.7 Å². The predicted octanol–water partition coefficient (Wildman–Crippen LogP) is 3.94. The first-order valence-corrected chi connectivity index (χ1v) is 6.63. The molecule has 19 heavy (non-hydrogen) atoms. The number of para-hydroxylation sites is 1. The number of hydrogen-bond donors (Lipinski definition) is 1.